The number of rotatable bonds is 7. The lowest BCUT2D eigenvalue weighted by Crippen LogP contribution is -2.17. The maximum Gasteiger partial charge on any atom is 0.130 e. The minimum absolute atomic E-state index is 0.131. The molecule has 0 amide bonds. The molecule has 0 aliphatic heterocycles. The van der Waals surface area contributed by atoms with Crippen LogP contribution in [0.25, 0.3) is 0 Å². The van der Waals surface area contributed by atoms with Gasteiger partial charge in [-0.2, -0.15) is 0 Å². The average Bonchev–Trinajstić information content (AvgIpc) is 2.90. The van der Waals surface area contributed by atoms with Gasteiger partial charge in [0.05, 0.1) is 17.6 Å². The van der Waals surface area contributed by atoms with Crippen LogP contribution in [0.4, 0.5) is 15.9 Å². The summed E-state index contributed by atoms with van der Waals surface area (Å²) < 4.78 is 13.9. The van der Waals surface area contributed by atoms with E-state index < -0.39 is 0 Å². The van der Waals surface area contributed by atoms with Gasteiger partial charge in [-0.25, -0.2) is 9.37 Å². The van der Waals surface area contributed by atoms with Crippen molar-refractivity contribution in [3.63, 3.8) is 0 Å². The topological polar surface area (TPSA) is 63.6 Å². The van der Waals surface area contributed by atoms with Crippen LogP contribution in [-0.2, 0) is 0 Å². The van der Waals surface area contributed by atoms with Gasteiger partial charge in [-0.3, -0.25) is 15.0 Å². The summed E-state index contributed by atoms with van der Waals surface area (Å²) in [4.78, 5) is 17.9. The maximum atomic E-state index is 13.9. The van der Waals surface area contributed by atoms with E-state index in [2.05, 4.69) is 32.4 Å². The van der Waals surface area contributed by atoms with E-state index in [1.807, 2.05) is 67.0 Å². The number of hydrogen-bond donors (Lipinski definition) is 1. The largest absolute Gasteiger partial charge is 0.339 e. The van der Waals surface area contributed by atoms with E-state index >= 15 is 0 Å². The molecular weight excluding hydrogens is 425 g/mol. The Labute approximate surface area is 197 Å². The Morgan fingerprint density at radius 2 is 1.24 bits per heavy atom. The third-order valence-corrected chi connectivity index (χ3v) is 5.67. The van der Waals surface area contributed by atoms with E-state index in [0.29, 0.717) is 5.82 Å². The van der Waals surface area contributed by atoms with E-state index in [9.17, 15) is 4.39 Å². The third-order valence-electron chi connectivity index (χ3n) is 5.67. The van der Waals surface area contributed by atoms with Gasteiger partial charge in [0.2, 0.25) is 0 Å². The van der Waals surface area contributed by atoms with Crippen molar-refractivity contribution in [1.29, 1.82) is 0 Å². The molecule has 0 saturated carbocycles. The van der Waals surface area contributed by atoms with Crippen LogP contribution >= 0.6 is 0 Å². The zero-order valence-corrected chi connectivity index (χ0v) is 18.3. The smallest absolute Gasteiger partial charge is 0.130 e. The molecule has 6 heteroatoms. The molecule has 1 atom stereocenters. The number of nitrogens with zero attached hydrogens (tertiary/aromatic N) is 4. The number of pyridine rings is 4. The molecule has 0 radical (unpaired) electrons. The van der Waals surface area contributed by atoms with Gasteiger partial charge in [0.25, 0.3) is 0 Å². The number of benzene rings is 1. The predicted octanol–water partition coefficient (Wildman–Crippen LogP) is 6.11. The number of aromatic nitrogens is 4. The highest BCUT2D eigenvalue weighted by Gasteiger charge is 2.30. The summed E-state index contributed by atoms with van der Waals surface area (Å²) in [5, 5.41) is 3.32. The van der Waals surface area contributed by atoms with Crippen molar-refractivity contribution in [2.45, 2.75) is 11.8 Å². The van der Waals surface area contributed by atoms with E-state index in [4.69, 9.17) is 4.98 Å². The minimum Gasteiger partial charge on any atom is -0.339 e. The van der Waals surface area contributed by atoms with Crippen LogP contribution in [0, 0.1) is 5.82 Å². The van der Waals surface area contributed by atoms with Crippen molar-refractivity contribution in [3.05, 3.63) is 144 Å². The van der Waals surface area contributed by atoms with Crippen LogP contribution in [0.1, 0.15) is 34.2 Å². The van der Waals surface area contributed by atoms with Crippen molar-refractivity contribution in [2.24, 2.45) is 0 Å². The van der Waals surface area contributed by atoms with Gasteiger partial charge in [-0.1, -0.05) is 30.3 Å². The summed E-state index contributed by atoms with van der Waals surface area (Å²) in [7, 11) is 0. The molecule has 0 spiro atoms. The van der Waals surface area contributed by atoms with Crippen LogP contribution < -0.4 is 5.32 Å². The molecule has 0 bridgehead atoms. The van der Waals surface area contributed by atoms with Crippen LogP contribution in [-0.4, -0.2) is 19.9 Å². The Hall–Kier alpha value is -4.45. The summed E-state index contributed by atoms with van der Waals surface area (Å²) in [5.74, 6) is 0.0918. The average molecular weight is 448 g/mol. The fourth-order valence-corrected chi connectivity index (χ4v) is 4.18. The molecule has 4 aromatic heterocycles. The van der Waals surface area contributed by atoms with Crippen LogP contribution in [0.2, 0.25) is 0 Å². The van der Waals surface area contributed by atoms with Crippen LogP contribution in [0.3, 0.4) is 0 Å². The molecule has 0 saturated heterocycles. The van der Waals surface area contributed by atoms with Gasteiger partial charge in [0.1, 0.15) is 11.6 Å². The lowest BCUT2D eigenvalue weighted by Gasteiger charge is -2.28. The molecule has 1 unspecified atom stereocenters. The summed E-state index contributed by atoms with van der Waals surface area (Å²) in [6, 6.07) is 24.3. The zero-order chi connectivity index (χ0) is 23.2. The number of anilines is 2. The number of halogens is 1. The maximum absolute atomic E-state index is 13.9. The van der Waals surface area contributed by atoms with Gasteiger partial charge in [-0.15, -0.1) is 0 Å². The van der Waals surface area contributed by atoms with Gasteiger partial charge >= 0.3 is 0 Å². The zero-order valence-electron chi connectivity index (χ0n) is 18.3. The molecule has 166 valence electrons. The van der Waals surface area contributed by atoms with Crippen molar-refractivity contribution in [2.75, 3.05) is 5.32 Å². The van der Waals surface area contributed by atoms with E-state index in [-0.39, 0.29) is 17.7 Å². The standard InChI is InChI=1S/C28H22FN5/c29-23-12-10-20(11-13-23)28(25-8-1-9-26(34-25)33-24-7-4-16-32-19-24)27(21-5-2-14-30-17-21)22-6-3-15-31-18-22/h1-19,27-28H,(H,33,34). The van der Waals surface area contributed by atoms with Crippen LogP contribution in [0.15, 0.2) is 116 Å². The summed E-state index contributed by atoms with van der Waals surface area (Å²) in [6.45, 7) is 0. The number of hydrogen-bond acceptors (Lipinski definition) is 5. The molecule has 5 aromatic rings. The lowest BCUT2D eigenvalue weighted by molar-refractivity contribution is 0.622. The van der Waals surface area contributed by atoms with Crippen molar-refractivity contribution >= 4 is 11.5 Å². The lowest BCUT2D eigenvalue weighted by atomic mass is 9.76. The fraction of sp³-hybridized carbons (Fsp3) is 0.0714. The Morgan fingerprint density at radius 3 is 1.82 bits per heavy atom. The molecule has 34 heavy (non-hydrogen) atoms. The highest BCUT2D eigenvalue weighted by Crippen LogP contribution is 2.42. The van der Waals surface area contributed by atoms with Gasteiger partial charge in [0.15, 0.2) is 0 Å². The van der Waals surface area contributed by atoms with E-state index in [0.717, 1.165) is 28.1 Å². The summed E-state index contributed by atoms with van der Waals surface area (Å²) in [5.41, 5.74) is 4.69. The Bertz CT molecular complexity index is 1290. The van der Waals surface area contributed by atoms with E-state index in [1.165, 1.54) is 12.1 Å². The molecule has 5 nitrogen and oxygen atoms in total. The third kappa shape index (κ3) is 4.81. The fourth-order valence-electron chi connectivity index (χ4n) is 4.18. The molecule has 4 heterocycles. The van der Waals surface area contributed by atoms with Crippen molar-refractivity contribution < 1.29 is 4.39 Å². The van der Waals surface area contributed by atoms with Crippen molar-refractivity contribution in [3.8, 4) is 0 Å². The highest BCUT2D eigenvalue weighted by molar-refractivity contribution is 5.55. The van der Waals surface area contributed by atoms with Gasteiger partial charge in [-0.05, 0) is 65.2 Å². The Balaban J connectivity index is 1.65. The normalized spacial score (nSPS) is 11.8. The second kappa shape index (κ2) is 10.0. The first kappa shape index (κ1) is 21.4. The van der Waals surface area contributed by atoms with Crippen molar-refractivity contribution in [1.82, 2.24) is 19.9 Å². The minimum atomic E-state index is -0.276. The second-order valence-electron chi connectivity index (χ2n) is 7.89. The molecule has 1 N–H and O–H groups in total. The Morgan fingerprint density at radius 1 is 0.588 bits per heavy atom. The van der Waals surface area contributed by atoms with Crippen LogP contribution in [0.5, 0.6) is 0 Å². The Kier molecular flexibility index (Phi) is 6.29. The highest BCUT2D eigenvalue weighted by atomic mass is 19.1. The predicted molar refractivity (Wildman–Crippen MR) is 130 cm³/mol. The summed E-state index contributed by atoms with van der Waals surface area (Å²) in [6.07, 6.45) is 10.7. The van der Waals surface area contributed by atoms with Gasteiger partial charge in [0, 0.05) is 42.8 Å². The SMILES string of the molecule is Fc1ccc(C(c2cccc(Nc3cccnc3)n2)C(c2cccnc2)c2cccnc2)cc1. The number of nitrogens with one attached hydrogen (secondary N) is 1. The second-order valence-corrected chi connectivity index (χ2v) is 7.89. The quantitative estimate of drug-likeness (QED) is 0.326. The molecule has 5 rings (SSSR count). The van der Waals surface area contributed by atoms with Gasteiger partial charge < -0.3 is 5.32 Å². The molecule has 0 aliphatic rings. The first-order valence-electron chi connectivity index (χ1n) is 11.0. The molecule has 1 aromatic carbocycles. The molecular formula is C28H22FN5. The van der Waals surface area contributed by atoms with E-state index in [1.54, 1.807) is 24.8 Å². The molecule has 0 fully saturated rings. The first-order valence-corrected chi connectivity index (χ1v) is 11.0. The monoisotopic (exact) mass is 447 g/mol. The first-order chi connectivity index (χ1) is 16.8. The molecule has 0 aliphatic carbocycles. The summed E-state index contributed by atoms with van der Waals surface area (Å²) >= 11 is 0.